The molecule has 2 aliphatic rings. The molecule has 0 aliphatic carbocycles. The Morgan fingerprint density at radius 2 is 1.79 bits per heavy atom. The molecular formula is C28H27N5O5. The highest BCUT2D eigenvalue weighted by Crippen LogP contribution is 2.49. The summed E-state index contributed by atoms with van der Waals surface area (Å²) in [7, 11) is 0. The summed E-state index contributed by atoms with van der Waals surface area (Å²) in [5.74, 6) is 2.05. The summed E-state index contributed by atoms with van der Waals surface area (Å²) in [6.07, 6.45) is 3.44. The zero-order valence-electron chi connectivity index (χ0n) is 20.9. The molecule has 194 valence electrons. The van der Waals surface area contributed by atoms with Crippen LogP contribution >= 0.6 is 0 Å². The fourth-order valence-electron chi connectivity index (χ4n) is 5.25. The first-order chi connectivity index (χ1) is 18.5. The van der Waals surface area contributed by atoms with Crippen molar-refractivity contribution >= 4 is 28.0 Å². The first-order valence-electron chi connectivity index (χ1n) is 12.6. The highest BCUT2D eigenvalue weighted by molar-refractivity contribution is 5.92. The van der Waals surface area contributed by atoms with Crippen LogP contribution in [0.5, 0.6) is 11.5 Å². The number of aromatic nitrogens is 2. The van der Waals surface area contributed by atoms with Crippen molar-refractivity contribution in [2.45, 2.75) is 32.3 Å². The lowest BCUT2D eigenvalue weighted by Gasteiger charge is -2.42. The maximum atomic E-state index is 11.2. The molecule has 1 saturated heterocycles. The average Bonchev–Trinajstić information content (AvgIpc) is 2.93. The van der Waals surface area contributed by atoms with Gasteiger partial charge in [0.25, 0.3) is 5.69 Å². The van der Waals surface area contributed by atoms with Crippen molar-refractivity contribution < 1.29 is 19.5 Å². The summed E-state index contributed by atoms with van der Waals surface area (Å²) in [5, 5.41) is 36.7. The molecule has 1 atom stereocenters. The topological polar surface area (TPSA) is 114 Å². The summed E-state index contributed by atoms with van der Waals surface area (Å²) >= 11 is 0. The largest absolute Gasteiger partial charge is 0.456 e. The number of aliphatic hydroxyl groups is 1. The number of aliphatic hydroxyl groups excluding tert-OH is 1. The van der Waals surface area contributed by atoms with Gasteiger partial charge in [-0.2, -0.15) is 5.10 Å². The third-order valence-electron chi connectivity index (χ3n) is 6.96. The molecule has 2 bridgehead atoms. The number of hydrazine groups is 1. The monoisotopic (exact) mass is 513 g/mol. The Morgan fingerprint density at radius 3 is 2.55 bits per heavy atom. The van der Waals surface area contributed by atoms with E-state index < -0.39 is 11.0 Å². The van der Waals surface area contributed by atoms with E-state index in [9.17, 15) is 15.2 Å². The molecule has 38 heavy (non-hydrogen) atoms. The molecule has 0 radical (unpaired) electrons. The van der Waals surface area contributed by atoms with Gasteiger partial charge in [-0.1, -0.05) is 24.3 Å². The van der Waals surface area contributed by atoms with Gasteiger partial charge in [0.2, 0.25) is 6.79 Å². The van der Waals surface area contributed by atoms with Gasteiger partial charge < -0.3 is 14.6 Å². The Bertz CT molecular complexity index is 1500. The summed E-state index contributed by atoms with van der Waals surface area (Å²) in [6, 6.07) is 16.5. The van der Waals surface area contributed by atoms with E-state index in [-0.39, 0.29) is 12.5 Å². The fraction of sp³-hybridized carbons (Fsp3) is 0.286. The molecule has 4 aromatic rings. The van der Waals surface area contributed by atoms with Gasteiger partial charge in [0, 0.05) is 53.5 Å². The van der Waals surface area contributed by atoms with Gasteiger partial charge >= 0.3 is 0 Å². The number of rotatable bonds is 6. The van der Waals surface area contributed by atoms with Crippen molar-refractivity contribution in [2.24, 2.45) is 0 Å². The van der Waals surface area contributed by atoms with E-state index in [1.54, 1.807) is 25.3 Å². The molecule has 0 spiro atoms. The molecule has 2 aliphatic heterocycles. The minimum atomic E-state index is -0.626. The van der Waals surface area contributed by atoms with Crippen LogP contribution in [0.1, 0.15) is 25.3 Å². The first-order valence-corrected chi connectivity index (χ1v) is 12.6. The number of nitro groups is 1. The Hall–Kier alpha value is -4.44. The SMILES string of the molecule is C[C@H](O)Cc1c2c(-c3ccc([N+](=O)[O-])cc3)cc(N3CCCCN3c3nncc4ccccc34)c1OCO2. The Balaban J connectivity index is 1.53. The Labute approximate surface area is 219 Å². The quantitative estimate of drug-likeness (QED) is 0.285. The summed E-state index contributed by atoms with van der Waals surface area (Å²) in [5.41, 5.74) is 3.18. The van der Waals surface area contributed by atoms with Crippen molar-refractivity contribution in [1.29, 1.82) is 0 Å². The molecule has 0 saturated carbocycles. The normalized spacial score (nSPS) is 15.6. The smallest absolute Gasteiger partial charge is 0.269 e. The number of benzene rings is 3. The molecule has 0 unspecified atom stereocenters. The maximum absolute atomic E-state index is 11.2. The van der Waals surface area contributed by atoms with Crippen molar-refractivity contribution in [3.8, 4) is 22.6 Å². The number of hydrogen-bond acceptors (Lipinski definition) is 9. The molecule has 3 aromatic carbocycles. The van der Waals surface area contributed by atoms with Crippen molar-refractivity contribution in [2.75, 3.05) is 29.9 Å². The second-order valence-electron chi connectivity index (χ2n) is 9.55. The second kappa shape index (κ2) is 9.79. The van der Waals surface area contributed by atoms with Crippen LogP contribution in [-0.4, -0.2) is 46.2 Å². The lowest BCUT2D eigenvalue weighted by Crippen LogP contribution is -2.48. The van der Waals surface area contributed by atoms with Crippen LogP contribution < -0.4 is 19.5 Å². The van der Waals surface area contributed by atoms with Crippen LogP contribution in [0, 0.1) is 10.1 Å². The van der Waals surface area contributed by atoms with E-state index in [4.69, 9.17) is 9.47 Å². The van der Waals surface area contributed by atoms with E-state index in [0.717, 1.165) is 64.9 Å². The standard InChI is InChI=1S/C28H27N5O5/c1-18(34)14-24-26-23(19-8-10-21(11-9-19)33(35)36)15-25(27(24)38-17-37-26)31-12-4-5-13-32(31)28-22-7-3-2-6-20(22)16-29-30-28/h2-3,6-11,15-16,18,34H,4-5,12-14,17H2,1H3/t18-/m0/s1. The molecule has 10 nitrogen and oxygen atoms in total. The van der Waals surface area contributed by atoms with Crippen molar-refractivity contribution in [3.63, 3.8) is 0 Å². The Kier molecular flexibility index (Phi) is 6.16. The molecular weight excluding hydrogens is 486 g/mol. The van der Waals surface area contributed by atoms with E-state index in [1.807, 2.05) is 30.3 Å². The van der Waals surface area contributed by atoms with Gasteiger partial charge in [0.15, 0.2) is 11.6 Å². The number of ether oxygens (including phenoxy) is 2. The number of fused-ring (bicyclic) bond motifs is 3. The molecule has 1 N–H and O–H groups in total. The van der Waals surface area contributed by atoms with Gasteiger partial charge in [0.05, 0.1) is 17.2 Å². The zero-order valence-corrected chi connectivity index (χ0v) is 20.9. The average molecular weight is 514 g/mol. The highest BCUT2D eigenvalue weighted by atomic mass is 16.7. The third-order valence-corrected chi connectivity index (χ3v) is 6.96. The minimum Gasteiger partial charge on any atom is -0.456 e. The first kappa shape index (κ1) is 23.9. The lowest BCUT2D eigenvalue weighted by atomic mass is 9.95. The number of non-ortho nitro benzene ring substituents is 1. The Morgan fingerprint density at radius 1 is 1.05 bits per heavy atom. The molecule has 1 fully saturated rings. The molecule has 6 rings (SSSR count). The van der Waals surface area contributed by atoms with Crippen LogP contribution in [0.15, 0.2) is 60.8 Å². The van der Waals surface area contributed by atoms with Gasteiger partial charge in [-0.25, -0.2) is 0 Å². The molecule has 3 heterocycles. The van der Waals surface area contributed by atoms with Crippen molar-refractivity contribution in [1.82, 2.24) is 10.2 Å². The van der Waals surface area contributed by atoms with Crippen LogP contribution in [0.2, 0.25) is 0 Å². The van der Waals surface area contributed by atoms with Gasteiger partial charge in [-0.05, 0) is 43.5 Å². The maximum Gasteiger partial charge on any atom is 0.269 e. The van der Waals surface area contributed by atoms with E-state index in [2.05, 4.69) is 20.2 Å². The van der Waals surface area contributed by atoms with Gasteiger partial charge in [-0.3, -0.25) is 20.1 Å². The van der Waals surface area contributed by atoms with Crippen LogP contribution in [0.3, 0.4) is 0 Å². The minimum absolute atomic E-state index is 0.0180. The summed E-state index contributed by atoms with van der Waals surface area (Å²) in [4.78, 5) is 10.8. The lowest BCUT2D eigenvalue weighted by molar-refractivity contribution is -0.384. The van der Waals surface area contributed by atoms with E-state index in [1.165, 1.54) is 12.1 Å². The number of anilines is 2. The zero-order chi connectivity index (χ0) is 26.2. The number of hydrogen-bond donors (Lipinski definition) is 1. The predicted molar refractivity (Wildman–Crippen MR) is 144 cm³/mol. The third kappa shape index (κ3) is 4.22. The summed E-state index contributed by atoms with van der Waals surface area (Å²) < 4.78 is 12.1. The number of nitrogens with zero attached hydrogens (tertiary/aromatic N) is 5. The van der Waals surface area contributed by atoms with Gasteiger partial charge in [-0.15, -0.1) is 5.10 Å². The summed E-state index contributed by atoms with van der Waals surface area (Å²) in [6.45, 7) is 3.24. The van der Waals surface area contributed by atoms with Crippen molar-refractivity contribution in [3.05, 3.63) is 76.5 Å². The second-order valence-corrected chi connectivity index (χ2v) is 9.55. The van der Waals surface area contributed by atoms with Crippen LogP contribution in [-0.2, 0) is 6.42 Å². The molecule has 10 heteroatoms. The molecule has 0 amide bonds. The van der Waals surface area contributed by atoms with Crippen LogP contribution in [0.25, 0.3) is 21.9 Å². The van der Waals surface area contributed by atoms with E-state index >= 15 is 0 Å². The van der Waals surface area contributed by atoms with E-state index in [0.29, 0.717) is 17.9 Å². The molecule has 1 aromatic heterocycles. The predicted octanol–water partition coefficient (Wildman–Crippen LogP) is 4.88. The van der Waals surface area contributed by atoms with Gasteiger partial charge in [0.1, 0.15) is 11.4 Å². The fourth-order valence-corrected chi connectivity index (χ4v) is 5.25. The van der Waals surface area contributed by atoms with Crippen LogP contribution in [0.4, 0.5) is 17.2 Å². The highest BCUT2D eigenvalue weighted by Gasteiger charge is 2.32. The number of nitro benzene ring substituents is 1.